The van der Waals surface area contributed by atoms with Gasteiger partial charge in [-0.1, -0.05) is 24.6 Å². The number of para-hydroxylation sites is 1. The predicted molar refractivity (Wildman–Crippen MR) is 99.4 cm³/mol. The summed E-state index contributed by atoms with van der Waals surface area (Å²) >= 11 is 1.72. The molecule has 3 rings (SSSR count). The fraction of sp³-hybridized carbons (Fsp3) is 0.632. The van der Waals surface area contributed by atoms with Crippen molar-refractivity contribution in [2.45, 2.75) is 38.0 Å². The first kappa shape index (κ1) is 17.6. The minimum atomic E-state index is 0.0987. The number of hydrogen-bond donors (Lipinski definition) is 0. The molecule has 24 heavy (non-hydrogen) atoms. The highest BCUT2D eigenvalue weighted by Gasteiger charge is 2.34. The van der Waals surface area contributed by atoms with Crippen LogP contribution in [-0.4, -0.2) is 54.2 Å². The maximum Gasteiger partial charge on any atom is 0.233 e. The fourth-order valence-electron chi connectivity index (χ4n) is 3.57. The molecule has 1 atom stereocenters. The van der Waals surface area contributed by atoms with Crippen LogP contribution >= 0.6 is 11.8 Å². The van der Waals surface area contributed by atoms with Gasteiger partial charge >= 0.3 is 0 Å². The molecule has 5 heteroatoms. The molecule has 2 aliphatic rings. The molecule has 1 aromatic rings. The molecule has 2 saturated heterocycles. The Morgan fingerprint density at radius 1 is 1.17 bits per heavy atom. The number of rotatable bonds is 7. The van der Waals surface area contributed by atoms with Gasteiger partial charge in [0.25, 0.3) is 0 Å². The Balaban J connectivity index is 1.61. The van der Waals surface area contributed by atoms with Crippen molar-refractivity contribution in [3.63, 3.8) is 0 Å². The molecule has 0 radical (unpaired) electrons. The number of carbonyl (C=O) groups excluding carboxylic acids is 1. The second-order valence-corrected chi connectivity index (χ2v) is 7.55. The highest BCUT2D eigenvalue weighted by atomic mass is 32.2. The lowest BCUT2D eigenvalue weighted by Gasteiger charge is -2.29. The zero-order chi connectivity index (χ0) is 16.8. The lowest BCUT2D eigenvalue weighted by Crippen LogP contribution is -2.34. The van der Waals surface area contributed by atoms with Gasteiger partial charge in [-0.15, -0.1) is 11.8 Å². The van der Waals surface area contributed by atoms with Crippen molar-refractivity contribution >= 4 is 17.7 Å². The molecule has 0 N–H and O–H groups in total. The Hall–Kier alpha value is -1.20. The van der Waals surface area contributed by atoms with E-state index in [0.29, 0.717) is 12.4 Å². The minimum absolute atomic E-state index is 0.0987. The van der Waals surface area contributed by atoms with Gasteiger partial charge in [-0.05, 0) is 51.9 Å². The largest absolute Gasteiger partial charge is 0.493 e. The molecule has 1 amide bonds. The van der Waals surface area contributed by atoms with E-state index < -0.39 is 0 Å². The molecule has 2 fully saturated rings. The maximum atomic E-state index is 12.4. The van der Waals surface area contributed by atoms with Gasteiger partial charge in [0.1, 0.15) is 11.1 Å². The van der Waals surface area contributed by atoms with Crippen LogP contribution in [0.25, 0.3) is 0 Å². The van der Waals surface area contributed by atoms with Crippen molar-refractivity contribution in [2.24, 2.45) is 0 Å². The van der Waals surface area contributed by atoms with Gasteiger partial charge in [0.2, 0.25) is 5.91 Å². The van der Waals surface area contributed by atoms with Gasteiger partial charge in [-0.3, -0.25) is 4.79 Å². The highest BCUT2D eigenvalue weighted by molar-refractivity contribution is 8.00. The van der Waals surface area contributed by atoms with Crippen LogP contribution in [0.3, 0.4) is 0 Å². The number of piperidine rings is 1. The summed E-state index contributed by atoms with van der Waals surface area (Å²) in [6, 6.07) is 8.14. The Labute approximate surface area is 149 Å². The van der Waals surface area contributed by atoms with Crippen molar-refractivity contribution < 1.29 is 9.53 Å². The van der Waals surface area contributed by atoms with Crippen LogP contribution in [-0.2, 0) is 4.79 Å². The van der Waals surface area contributed by atoms with Crippen LogP contribution in [0, 0.1) is 0 Å². The Morgan fingerprint density at radius 3 is 2.75 bits per heavy atom. The second-order valence-electron chi connectivity index (χ2n) is 6.48. The summed E-state index contributed by atoms with van der Waals surface area (Å²) in [6.07, 6.45) is 5.07. The van der Waals surface area contributed by atoms with Crippen molar-refractivity contribution in [1.29, 1.82) is 0 Å². The molecule has 4 nitrogen and oxygen atoms in total. The molecule has 0 bridgehead atoms. The maximum absolute atomic E-state index is 12.4. The molecule has 0 aliphatic carbocycles. The number of amides is 1. The van der Waals surface area contributed by atoms with Crippen molar-refractivity contribution in [3.05, 3.63) is 29.8 Å². The molecular weight excluding hydrogens is 320 g/mol. The van der Waals surface area contributed by atoms with Crippen molar-refractivity contribution in [3.8, 4) is 5.75 Å². The first-order valence-corrected chi connectivity index (χ1v) is 10.2. The second kappa shape index (κ2) is 8.77. The molecular formula is C19H28N2O2S. The van der Waals surface area contributed by atoms with Gasteiger partial charge in [0.05, 0.1) is 12.4 Å². The average molecular weight is 349 g/mol. The summed E-state index contributed by atoms with van der Waals surface area (Å²) in [6.45, 7) is 7.04. The summed E-state index contributed by atoms with van der Waals surface area (Å²) < 4.78 is 5.77. The van der Waals surface area contributed by atoms with Crippen LogP contribution < -0.4 is 4.74 Å². The van der Waals surface area contributed by atoms with Crippen LogP contribution in [0.4, 0.5) is 0 Å². The zero-order valence-corrected chi connectivity index (χ0v) is 15.4. The van der Waals surface area contributed by atoms with Crippen molar-refractivity contribution in [1.82, 2.24) is 9.80 Å². The first-order chi connectivity index (χ1) is 11.8. The monoisotopic (exact) mass is 348 g/mol. The quantitative estimate of drug-likeness (QED) is 0.755. The fourth-order valence-corrected chi connectivity index (χ4v) is 4.82. The number of benzene rings is 1. The van der Waals surface area contributed by atoms with Crippen LogP contribution in [0.15, 0.2) is 24.3 Å². The standard InChI is InChI=1S/C19H28N2O2S/c1-2-23-17-10-5-4-9-16(17)19-21(18(22)15-24-19)14-8-13-20-11-6-3-7-12-20/h4-5,9-10,19H,2-3,6-8,11-15H2,1H3. The molecule has 1 aromatic carbocycles. The third-order valence-electron chi connectivity index (χ3n) is 4.78. The zero-order valence-electron chi connectivity index (χ0n) is 14.6. The van der Waals surface area contributed by atoms with Crippen LogP contribution in [0.5, 0.6) is 5.75 Å². The predicted octanol–water partition coefficient (Wildman–Crippen LogP) is 3.54. The van der Waals surface area contributed by atoms with E-state index in [1.165, 1.54) is 32.4 Å². The van der Waals surface area contributed by atoms with Crippen molar-refractivity contribution in [2.75, 3.05) is 38.5 Å². The van der Waals surface area contributed by atoms with Crippen LogP contribution in [0.1, 0.15) is 43.5 Å². The summed E-state index contributed by atoms with van der Waals surface area (Å²) in [4.78, 5) is 17.0. The molecule has 2 heterocycles. The normalized spacial score (nSPS) is 22.1. The van der Waals surface area contributed by atoms with E-state index in [9.17, 15) is 4.79 Å². The van der Waals surface area contributed by atoms with E-state index in [1.54, 1.807) is 11.8 Å². The van der Waals surface area contributed by atoms with Gasteiger partial charge in [-0.25, -0.2) is 0 Å². The number of carbonyl (C=O) groups is 1. The number of thioether (sulfide) groups is 1. The summed E-state index contributed by atoms with van der Waals surface area (Å²) in [7, 11) is 0. The Bertz CT molecular complexity index is 546. The third kappa shape index (κ3) is 4.25. The molecule has 2 aliphatic heterocycles. The molecule has 132 valence electrons. The average Bonchev–Trinajstić information content (AvgIpc) is 2.98. The summed E-state index contributed by atoms with van der Waals surface area (Å²) in [5.74, 6) is 1.75. The molecule has 0 aromatic heterocycles. The molecule has 0 spiro atoms. The van der Waals surface area contributed by atoms with E-state index >= 15 is 0 Å². The number of nitrogens with zero attached hydrogens (tertiary/aromatic N) is 2. The smallest absolute Gasteiger partial charge is 0.233 e. The van der Waals surface area contributed by atoms with Gasteiger partial charge in [-0.2, -0.15) is 0 Å². The lowest BCUT2D eigenvalue weighted by molar-refractivity contribution is -0.128. The summed E-state index contributed by atoms with van der Waals surface area (Å²) in [5.41, 5.74) is 1.13. The van der Waals surface area contributed by atoms with Gasteiger partial charge in [0, 0.05) is 12.1 Å². The number of hydrogen-bond acceptors (Lipinski definition) is 4. The number of ether oxygens (including phenoxy) is 1. The highest BCUT2D eigenvalue weighted by Crippen LogP contribution is 2.42. The first-order valence-electron chi connectivity index (χ1n) is 9.14. The van der Waals surface area contributed by atoms with E-state index in [4.69, 9.17) is 4.74 Å². The van der Waals surface area contributed by atoms with E-state index in [0.717, 1.165) is 30.8 Å². The summed E-state index contributed by atoms with van der Waals surface area (Å²) in [5, 5.41) is 0.0987. The minimum Gasteiger partial charge on any atom is -0.493 e. The molecule has 1 unspecified atom stereocenters. The van der Waals surface area contributed by atoms with E-state index in [2.05, 4.69) is 11.0 Å². The Kier molecular flexibility index (Phi) is 6.44. The SMILES string of the molecule is CCOc1ccccc1C1SCC(=O)N1CCCN1CCCCC1. The van der Waals surface area contributed by atoms with Gasteiger partial charge < -0.3 is 14.5 Å². The Morgan fingerprint density at radius 2 is 1.96 bits per heavy atom. The van der Waals surface area contributed by atoms with Crippen LogP contribution in [0.2, 0.25) is 0 Å². The molecule has 0 saturated carbocycles. The lowest BCUT2D eigenvalue weighted by atomic mass is 10.1. The van der Waals surface area contributed by atoms with E-state index in [1.807, 2.05) is 30.0 Å². The topological polar surface area (TPSA) is 32.8 Å². The third-order valence-corrected chi connectivity index (χ3v) is 6.01. The van der Waals surface area contributed by atoms with E-state index in [-0.39, 0.29) is 11.3 Å². The number of likely N-dealkylation sites (tertiary alicyclic amines) is 1. The van der Waals surface area contributed by atoms with Gasteiger partial charge in [0.15, 0.2) is 0 Å².